The van der Waals surface area contributed by atoms with E-state index in [2.05, 4.69) is 26.3 Å². The highest BCUT2D eigenvalue weighted by molar-refractivity contribution is 6.02. The van der Waals surface area contributed by atoms with Crippen molar-refractivity contribution in [2.75, 3.05) is 18.6 Å². The van der Waals surface area contributed by atoms with Gasteiger partial charge in [-0.2, -0.15) is 0 Å². The van der Waals surface area contributed by atoms with Crippen molar-refractivity contribution >= 4 is 28.3 Å². The number of benzene rings is 1. The predicted molar refractivity (Wildman–Crippen MR) is 121 cm³/mol. The Morgan fingerprint density at radius 2 is 2.22 bits per heavy atom. The molecule has 5 rings (SSSR count). The van der Waals surface area contributed by atoms with Gasteiger partial charge in [0.15, 0.2) is 0 Å². The minimum atomic E-state index is -1.05. The van der Waals surface area contributed by atoms with E-state index in [-0.39, 0.29) is 11.9 Å². The van der Waals surface area contributed by atoms with Crippen LogP contribution in [0.4, 0.5) is 10.1 Å². The Morgan fingerprint density at radius 3 is 2.94 bits per heavy atom. The molecule has 7 nitrogen and oxygen atoms in total. The quantitative estimate of drug-likeness (QED) is 0.490. The number of aliphatic hydroxyl groups is 1. The van der Waals surface area contributed by atoms with Crippen molar-refractivity contribution in [1.29, 1.82) is 0 Å². The van der Waals surface area contributed by atoms with E-state index in [0.717, 1.165) is 51.9 Å². The van der Waals surface area contributed by atoms with Crippen molar-refractivity contribution in [2.45, 2.75) is 37.9 Å². The number of rotatable bonds is 5. The lowest BCUT2D eigenvalue weighted by Crippen LogP contribution is -2.46. The molecule has 2 atom stereocenters. The number of aromatic nitrogens is 2. The molecule has 2 aliphatic rings. The first kappa shape index (κ1) is 20.7. The second-order valence-electron chi connectivity index (χ2n) is 8.52. The normalized spacial score (nSPS) is 18.8. The number of aromatic amines is 1. The summed E-state index contributed by atoms with van der Waals surface area (Å²) in [5, 5.41) is 22.5. The van der Waals surface area contributed by atoms with Crippen LogP contribution < -0.4 is 10.2 Å². The molecule has 0 fully saturated rings. The summed E-state index contributed by atoms with van der Waals surface area (Å²) in [5.41, 5.74) is 6.93. The number of hydrogen-bond acceptors (Lipinski definition) is 5. The summed E-state index contributed by atoms with van der Waals surface area (Å²) in [7, 11) is 2.01. The van der Waals surface area contributed by atoms with Crippen LogP contribution in [0, 0.1) is 5.82 Å². The molecule has 1 aliphatic heterocycles. The highest BCUT2D eigenvalue weighted by Crippen LogP contribution is 2.43. The van der Waals surface area contributed by atoms with Crippen LogP contribution in [-0.2, 0) is 11.3 Å². The van der Waals surface area contributed by atoms with Crippen molar-refractivity contribution in [3.63, 3.8) is 0 Å². The van der Waals surface area contributed by atoms with Crippen LogP contribution in [0.1, 0.15) is 30.5 Å². The van der Waals surface area contributed by atoms with Gasteiger partial charge in [-0.1, -0.05) is 6.08 Å². The largest absolute Gasteiger partial charge is 0.480 e. The van der Waals surface area contributed by atoms with Crippen molar-refractivity contribution in [3.8, 4) is 11.1 Å². The maximum atomic E-state index is 14.1. The molecule has 32 heavy (non-hydrogen) atoms. The standard InChI is InChI=1S/C24H25FN4O3/c1-29-11-18-21-16(17-10-14(25)4-7-20(17)29)8-9-26-23(21)28-22(18)13-2-5-15(6-3-13)27-19(12-30)24(31)32/h2,4,7-10,15,19,27,30H,3,5-6,11-12H2,1H3,(H,26,28)(H,31,32)/t15?,19-/m0/s1. The molecular formula is C24H25FN4O3. The number of pyridine rings is 1. The summed E-state index contributed by atoms with van der Waals surface area (Å²) in [5.74, 6) is -1.31. The van der Waals surface area contributed by atoms with Crippen LogP contribution in [0.15, 0.2) is 36.5 Å². The second-order valence-corrected chi connectivity index (χ2v) is 8.52. The Kier molecular flexibility index (Phi) is 5.19. The van der Waals surface area contributed by atoms with Crippen LogP contribution in [-0.4, -0.2) is 51.9 Å². The Labute approximate surface area is 184 Å². The monoisotopic (exact) mass is 436 g/mol. The minimum Gasteiger partial charge on any atom is -0.480 e. The molecule has 2 aromatic heterocycles. The number of nitrogens with zero attached hydrogens (tertiary/aromatic N) is 2. The van der Waals surface area contributed by atoms with E-state index >= 15 is 0 Å². The number of hydrogen-bond donors (Lipinski definition) is 4. The van der Waals surface area contributed by atoms with Crippen LogP contribution in [0.5, 0.6) is 0 Å². The highest BCUT2D eigenvalue weighted by atomic mass is 19.1. The van der Waals surface area contributed by atoms with E-state index in [1.54, 1.807) is 12.3 Å². The van der Waals surface area contributed by atoms with Crippen molar-refractivity contribution in [2.24, 2.45) is 0 Å². The van der Waals surface area contributed by atoms with E-state index < -0.39 is 18.6 Å². The van der Waals surface area contributed by atoms with E-state index in [4.69, 9.17) is 0 Å². The van der Waals surface area contributed by atoms with Crippen molar-refractivity contribution < 1.29 is 19.4 Å². The van der Waals surface area contributed by atoms with Gasteiger partial charge in [-0.05, 0) is 54.7 Å². The summed E-state index contributed by atoms with van der Waals surface area (Å²) in [4.78, 5) is 21.4. The number of carboxylic acid groups (broad SMARTS) is 1. The number of halogens is 1. The van der Waals surface area contributed by atoms with Crippen LogP contribution in [0.3, 0.4) is 0 Å². The molecular weight excluding hydrogens is 411 g/mol. The van der Waals surface area contributed by atoms with Gasteiger partial charge in [-0.25, -0.2) is 9.37 Å². The van der Waals surface area contributed by atoms with Crippen LogP contribution >= 0.6 is 0 Å². The zero-order valence-corrected chi connectivity index (χ0v) is 17.7. The maximum absolute atomic E-state index is 14.1. The zero-order valence-electron chi connectivity index (χ0n) is 17.7. The number of allylic oxidation sites excluding steroid dienone is 1. The van der Waals surface area contributed by atoms with Gasteiger partial charge in [0.2, 0.25) is 0 Å². The van der Waals surface area contributed by atoms with Gasteiger partial charge in [0.25, 0.3) is 0 Å². The van der Waals surface area contributed by atoms with Crippen LogP contribution in [0.25, 0.3) is 27.7 Å². The van der Waals surface area contributed by atoms with Crippen molar-refractivity contribution in [1.82, 2.24) is 15.3 Å². The van der Waals surface area contributed by atoms with E-state index in [0.29, 0.717) is 13.0 Å². The topological polar surface area (TPSA) is 101 Å². The molecule has 4 N–H and O–H groups in total. The third kappa shape index (κ3) is 3.45. The molecule has 0 saturated heterocycles. The molecule has 166 valence electrons. The Hall–Kier alpha value is -3.23. The molecule has 0 spiro atoms. The maximum Gasteiger partial charge on any atom is 0.323 e. The molecule has 0 saturated carbocycles. The van der Waals surface area contributed by atoms with Gasteiger partial charge in [0, 0.05) is 53.7 Å². The summed E-state index contributed by atoms with van der Waals surface area (Å²) in [6.07, 6.45) is 6.10. The summed E-state index contributed by atoms with van der Waals surface area (Å²) < 4.78 is 14.1. The number of aliphatic carboxylic acids is 1. The number of fused-ring (bicyclic) bond motifs is 2. The smallest absolute Gasteiger partial charge is 0.323 e. The molecule has 1 aromatic carbocycles. The zero-order chi connectivity index (χ0) is 22.4. The van der Waals surface area contributed by atoms with Crippen molar-refractivity contribution in [3.05, 3.63) is 53.6 Å². The average molecular weight is 436 g/mol. The molecule has 8 heteroatoms. The number of carbonyl (C=O) groups is 1. The molecule has 3 aromatic rings. The molecule has 1 unspecified atom stereocenters. The van der Waals surface area contributed by atoms with Gasteiger partial charge in [0.05, 0.1) is 6.61 Å². The SMILES string of the molecule is CN1Cc2c(C3=CCC(N[C@@H](CO)C(=O)O)CC3)[nH]c3nccc(c23)-c2cc(F)ccc21. The average Bonchev–Trinajstić information content (AvgIpc) is 3.10. The van der Waals surface area contributed by atoms with Gasteiger partial charge in [0.1, 0.15) is 17.5 Å². The van der Waals surface area contributed by atoms with E-state index in [1.165, 1.54) is 11.6 Å². The fourth-order valence-corrected chi connectivity index (χ4v) is 4.92. The molecule has 3 heterocycles. The van der Waals surface area contributed by atoms with Crippen LogP contribution in [0.2, 0.25) is 0 Å². The predicted octanol–water partition coefficient (Wildman–Crippen LogP) is 3.29. The molecule has 1 aliphatic carbocycles. The lowest BCUT2D eigenvalue weighted by Gasteiger charge is -2.26. The molecule has 0 radical (unpaired) electrons. The number of aliphatic hydroxyl groups excluding tert-OH is 1. The third-order valence-corrected chi connectivity index (χ3v) is 6.50. The summed E-state index contributed by atoms with van der Waals surface area (Å²) >= 11 is 0. The van der Waals surface area contributed by atoms with Gasteiger partial charge in [-0.3, -0.25) is 10.1 Å². The Morgan fingerprint density at radius 1 is 1.38 bits per heavy atom. The summed E-state index contributed by atoms with van der Waals surface area (Å²) in [6, 6.07) is 5.88. The first-order valence-electron chi connectivity index (χ1n) is 10.8. The summed E-state index contributed by atoms with van der Waals surface area (Å²) in [6.45, 7) is 0.230. The number of H-pyrrole nitrogens is 1. The number of anilines is 1. The second kappa shape index (κ2) is 8.03. The fraction of sp³-hybridized carbons (Fsp3) is 0.333. The first-order chi connectivity index (χ1) is 15.5. The lowest BCUT2D eigenvalue weighted by molar-refractivity contribution is -0.140. The van der Waals surface area contributed by atoms with Gasteiger partial charge >= 0.3 is 5.97 Å². The molecule has 0 bridgehead atoms. The lowest BCUT2D eigenvalue weighted by atomic mass is 9.90. The van der Waals surface area contributed by atoms with E-state index in [1.807, 2.05) is 19.2 Å². The third-order valence-electron chi connectivity index (χ3n) is 6.50. The highest BCUT2D eigenvalue weighted by Gasteiger charge is 2.28. The number of carboxylic acids is 1. The van der Waals surface area contributed by atoms with E-state index in [9.17, 15) is 19.4 Å². The van der Waals surface area contributed by atoms with Gasteiger partial charge < -0.3 is 20.1 Å². The Bertz CT molecular complexity index is 1240. The minimum absolute atomic E-state index is 0.000832. The molecule has 0 amide bonds. The fourth-order valence-electron chi connectivity index (χ4n) is 4.92. The first-order valence-corrected chi connectivity index (χ1v) is 10.8. The van der Waals surface area contributed by atoms with Gasteiger partial charge in [-0.15, -0.1) is 0 Å². The number of nitrogens with one attached hydrogen (secondary N) is 2. The Balaban J connectivity index is 1.53.